The molecular formula is C25H29ClN4O3. The molecule has 0 saturated heterocycles. The Labute approximate surface area is 199 Å². The molecule has 1 aromatic heterocycles. The van der Waals surface area contributed by atoms with Crippen molar-refractivity contribution >= 4 is 29.1 Å². The lowest BCUT2D eigenvalue weighted by Gasteiger charge is -2.13. The fourth-order valence-corrected chi connectivity index (χ4v) is 3.65. The number of ether oxygens (including phenoxy) is 1. The van der Waals surface area contributed by atoms with Gasteiger partial charge in [0.15, 0.2) is 0 Å². The molecular weight excluding hydrogens is 440 g/mol. The predicted molar refractivity (Wildman–Crippen MR) is 131 cm³/mol. The van der Waals surface area contributed by atoms with E-state index in [9.17, 15) is 9.59 Å². The Balaban J connectivity index is 1.74. The highest BCUT2D eigenvalue weighted by atomic mass is 35.5. The van der Waals surface area contributed by atoms with Crippen LogP contribution in [0.3, 0.4) is 0 Å². The van der Waals surface area contributed by atoms with Crippen molar-refractivity contribution in [2.75, 3.05) is 25.1 Å². The van der Waals surface area contributed by atoms with E-state index >= 15 is 0 Å². The number of benzene rings is 2. The average molecular weight is 469 g/mol. The van der Waals surface area contributed by atoms with Gasteiger partial charge in [-0.2, -0.15) is 5.10 Å². The molecule has 0 bridgehead atoms. The molecule has 7 nitrogen and oxygen atoms in total. The van der Waals surface area contributed by atoms with E-state index in [1.165, 1.54) is 0 Å². The maximum Gasteiger partial charge on any atom is 0.259 e. The van der Waals surface area contributed by atoms with Crippen LogP contribution in [0.5, 0.6) is 0 Å². The highest BCUT2D eigenvalue weighted by molar-refractivity contribution is 6.30. The molecule has 2 aromatic carbocycles. The number of carbonyl (C=O) groups is 2. The smallest absolute Gasteiger partial charge is 0.259 e. The first-order valence-electron chi connectivity index (χ1n) is 11.0. The van der Waals surface area contributed by atoms with Crippen LogP contribution in [0.25, 0.3) is 5.69 Å². The second-order valence-corrected chi connectivity index (χ2v) is 8.27. The van der Waals surface area contributed by atoms with E-state index in [1.54, 1.807) is 47.3 Å². The molecule has 0 aliphatic rings. The van der Waals surface area contributed by atoms with Crippen LogP contribution in [0.15, 0.2) is 54.7 Å². The fourth-order valence-electron chi connectivity index (χ4n) is 3.46. The Hall–Kier alpha value is -3.16. The summed E-state index contributed by atoms with van der Waals surface area (Å²) in [5.41, 5.74) is 3.04. The standard InChI is InChI=1S/C25H29ClN4O3/c1-4-33-13-7-12-27-24(31)18-8-5-10-20(14-18)29-25(32)22-16-28-30(23(22)17(2)3)21-11-6-9-19(26)15-21/h5-6,8-11,14-17H,4,7,12-13H2,1-3H3,(H,27,31)(H,29,32). The first-order valence-corrected chi connectivity index (χ1v) is 11.4. The summed E-state index contributed by atoms with van der Waals surface area (Å²) >= 11 is 6.14. The molecule has 33 heavy (non-hydrogen) atoms. The largest absolute Gasteiger partial charge is 0.382 e. The van der Waals surface area contributed by atoms with Gasteiger partial charge in [0.25, 0.3) is 11.8 Å². The summed E-state index contributed by atoms with van der Waals surface area (Å²) in [6.45, 7) is 7.73. The van der Waals surface area contributed by atoms with Crippen molar-refractivity contribution in [3.63, 3.8) is 0 Å². The van der Waals surface area contributed by atoms with Crippen molar-refractivity contribution in [3.8, 4) is 5.69 Å². The van der Waals surface area contributed by atoms with Crippen LogP contribution in [0.1, 0.15) is 59.5 Å². The van der Waals surface area contributed by atoms with Crippen molar-refractivity contribution in [3.05, 3.63) is 76.6 Å². The molecule has 0 unspecified atom stereocenters. The molecule has 0 fully saturated rings. The van der Waals surface area contributed by atoms with E-state index in [0.717, 1.165) is 17.8 Å². The first kappa shape index (κ1) is 24.5. The zero-order valence-corrected chi connectivity index (χ0v) is 19.9. The van der Waals surface area contributed by atoms with Crippen LogP contribution in [0.4, 0.5) is 5.69 Å². The summed E-state index contributed by atoms with van der Waals surface area (Å²) in [6.07, 6.45) is 2.30. The van der Waals surface area contributed by atoms with Gasteiger partial charge in [0, 0.05) is 36.0 Å². The summed E-state index contributed by atoms with van der Waals surface area (Å²) in [5.74, 6) is -0.443. The molecule has 174 valence electrons. The fraction of sp³-hybridized carbons (Fsp3) is 0.320. The number of carbonyl (C=O) groups excluding carboxylic acids is 2. The van der Waals surface area contributed by atoms with Gasteiger partial charge in [-0.3, -0.25) is 9.59 Å². The summed E-state index contributed by atoms with van der Waals surface area (Å²) in [6, 6.07) is 14.2. The minimum absolute atomic E-state index is 0.0426. The third kappa shape index (κ3) is 6.43. The highest BCUT2D eigenvalue weighted by Gasteiger charge is 2.21. The van der Waals surface area contributed by atoms with Gasteiger partial charge < -0.3 is 15.4 Å². The lowest BCUT2D eigenvalue weighted by molar-refractivity contribution is 0.0943. The van der Waals surface area contributed by atoms with Crippen LogP contribution in [0, 0.1) is 0 Å². The molecule has 8 heteroatoms. The molecule has 0 aliphatic carbocycles. The molecule has 0 atom stereocenters. The van der Waals surface area contributed by atoms with Crippen molar-refractivity contribution in [1.82, 2.24) is 15.1 Å². The van der Waals surface area contributed by atoms with Gasteiger partial charge in [0.1, 0.15) is 0 Å². The number of nitrogens with zero attached hydrogens (tertiary/aromatic N) is 2. The summed E-state index contributed by atoms with van der Waals surface area (Å²) in [5, 5.41) is 10.8. The third-order valence-electron chi connectivity index (χ3n) is 4.99. The lowest BCUT2D eigenvalue weighted by atomic mass is 10.0. The number of halogens is 1. The maximum absolute atomic E-state index is 13.1. The van der Waals surface area contributed by atoms with E-state index in [2.05, 4.69) is 15.7 Å². The Bertz CT molecular complexity index is 1110. The summed E-state index contributed by atoms with van der Waals surface area (Å²) in [4.78, 5) is 25.5. The molecule has 1 heterocycles. The van der Waals surface area contributed by atoms with E-state index in [1.807, 2.05) is 32.9 Å². The zero-order valence-electron chi connectivity index (χ0n) is 19.1. The molecule has 0 aliphatic heterocycles. The number of anilines is 1. The van der Waals surface area contributed by atoms with Gasteiger partial charge in [-0.25, -0.2) is 4.68 Å². The van der Waals surface area contributed by atoms with Gasteiger partial charge in [-0.15, -0.1) is 0 Å². The lowest BCUT2D eigenvalue weighted by Crippen LogP contribution is -2.25. The SMILES string of the molecule is CCOCCCNC(=O)c1cccc(NC(=O)c2cnn(-c3cccc(Cl)c3)c2C(C)C)c1. The van der Waals surface area contributed by atoms with E-state index in [-0.39, 0.29) is 17.7 Å². The molecule has 3 rings (SSSR count). The Morgan fingerprint density at radius 2 is 1.91 bits per heavy atom. The predicted octanol–water partition coefficient (Wildman–Crippen LogP) is 5.06. The normalized spacial score (nSPS) is 10.9. The molecule has 0 spiro atoms. The van der Waals surface area contributed by atoms with Crippen LogP contribution >= 0.6 is 11.6 Å². The van der Waals surface area contributed by atoms with Crippen LogP contribution in [-0.4, -0.2) is 41.4 Å². The number of aromatic nitrogens is 2. The second-order valence-electron chi connectivity index (χ2n) is 7.83. The van der Waals surface area contributed by atoms with Crippen molar-refractivity contribution in [2.24, 2.45) is 0 Å². The number of nitrogens with one attached hydrogen (secondary N) is 2. The van der Waals surface area contributed by atoms with Gasteiger partial charge >= 0.3 is 0 Å². The molecule has 0 saturated carbocycles. The number of hydrogen-bond acceptors (Lipinski definition) is 4. The van der Waals surface area contributed by atoms with Gasteiger partial charge in [0.05, 0.1) is 23.1 Å². The monoisotopic (exact) mass is 468 g/mol. The van der Waals surface area contributed by atoms with Crippen molar-refractivity contribution in [2.45, 2.75) is 33.1 Å². The van der Waals surface area contributed by atoms with Gasteiger partial charge in [-0.1, -0.05) is 37.6 Å². The highest BCUT2D eigenvalue weighted by Crippen LogP contribution is 2.25. The third-order valence-corrected chi connectivity index (χ3v) is 5.22. The van der Waals surface area contributed by atoms with Gasteiger partial charge in [-0.05, 0) is 55.7 Å². The average Bonchev–Trinajstić information content (AvgIpc) is 3.25. The van der Waals surface area contributed by atoms with E-state index in [0.29, 0.717) is 41.6 Å². The summed E-state index contributed by atoms with van der Waals surface area (Å²) < 4.78 is 7.01. The second kappa shape index (κ2) is 11.6. The van der Waals surface area contributed by atoms with E-state index in [4.69, 9.17) is 16.3 Å². The quantitative estimate of drug-likeness (QED) is 0.407. The maximum atomic E-state index is 13.1. The van der Waals surface area contributed by atoms with Crippen LogP contribution in [-0.2, 0) is 4.74 Å². The summed E-state index contributed by atoms with van der Waals surface area (Å²) in [7, 11) is 0. The number of rotatable bonds is 10. The van der Waals surface area contributed by atoms with E-state index < -0.39 is 0 Å². The number of amides is 2. The Kier molecular flexibility index (Phi) is 8.63. The minimum atomic E-state index is -0.291. The van der Waals surface area contributed by atoms with Crippen molar-refractivity contribution in [1.29, 1.82) is 0 Å². The molecule has 2 N–H and O–H groups in total. The Morgan fingerprint density at radius 3 is 2.64 bits per heavy atom. The van der Waals surface area contributed by atoms with Crippen LogP contribution < -0.4 is 10.6 Å². The van der Waals surface area contributed by atoms with Gasteiger partial charge in [0.2, 0.25) is 0 Å². The minimum Gasteiger partial charge on any atom is -0.382 e. The molecule has 3 aromatic rings. The molecule has 0 radical (unpaired) electrons. The topological polar surface area (TPSA) is 85.2 Å². The first-order chi connectivity index (χ1) is 15.9. The Morgan fingerprint density at radius 1 is 1.12 bits per heavy atom. The number of hydrogen-bond donors (Lipinski definition) is 2. The zero-order chi connectivity index (χ0) is 23.8. The van der Waals surface area contributed by atoms with Crippen molar-refractivity contribution < 1.29 is 14.3 Å². The molecule has 2 amide bonds. The van der Waals surface area contributed by atoms with Crippen LogP contribution in [0.2, 0.25) is 5.02 Å².